The first-order valence-electron chi connectivity index (χ1n) is 11.6. The van der Waals surface area contributed by atoms with Gasteiger partial charge in [0, 0.05) is 26.2 Å². The van der Waals surface area contributed by atoms with E-state index in [2.05, 4.69) is 9.88 Å². The Morgan fingerprint density at radius 2 is 1.36 bits per heavy atom. The number of hydrogen-bond donors (Lipinski definition) is 0. The van der Waals surface area contributed by atoms with Crippen molar-refractivity contribution in [3.05, 3.63) is 112 Å². The molecule has 9 heteroatoms. The summed E-state index contributed by atoms with van der Waals surface area (Å²) in [6, 6.07) is 16.0. The second kappa shape index (κ2) is 9.94. The minimum absolute atomic E-state index is 0.122. The van der Waals surface area contributed by atoms with Crippen LogP contribution < -0.4 is 5.56 Å². The summed E-state index contributed by atoms with van der Waals surface area (Å²) in [5.41, 5.74) is 1.62. The molecule has 1 aliphatic heterocycles. The molecule has 5 rings (SSSR count). The van der Waals surface area contributed by atoms with Gasteiger partial charge >= 0.3 is 0 Å². The van der Waals surface area contributed by atoms with Gasteiger partial charge in [-0.05, 0) is 53.6 Å². The number of rotatable bonds is 5. The Labute approximate surface area is 205 Å². The van der Waals surface area contributed by atoms with E-state index in [1.165, 1.54) is 47.3 Å². The van der Waals surface area contributed by atoms with Gasteiger partial charge in [0.2, 0.25) is 5.91 Å². The molecule has 0 atom stereocenters. The lowest BCUT2D eigenvalue weighted by atomic mass is 9.96. The molecule has 0 aliphatic carbocycles. The fourth-order valence-corrected chi connectivity index (χ4v) is 4.62. The number of fused-ring (bicyclic) bond motifs is 1. The molecule has 1 aliphatic rings. The van der Waals surface area contributed by atoms with Crippen LogP contribution in [0.1, 0.15) is 17.2 Å². The molecule has 1 saturated heterocycles. The maximum absolute atomic E-state index is 13.6. The van der Waals surface area contributed by atoms with E-state index >= 15 is 0 Å². The summed E-state index contributed by atoms with van der Waals surface area (Å²) in [4.78, 5) is 33.7. The average molecular weight is 493 g/mol. The van der Waals surface area contributed by atoms with Crippen LogP contribution in [0.25, 0.3) is 10.9 Å². The van der Waals surface area contributed by atoms with E-state index in [4.69, 9.17) is 0 Å². The van der Waals surface area contributed by atoms with Crippen LogP contribution in [0.4, 0.5) is 13.2 Å². The summed E-state index contributed by atoms with van der Waals surface area (Å²) in [6.45, 7) is 1.70. The Morgan fingerprint density at radius 1 is 0.806 bits per heavy atom. The van der Waals surface area contributed by atoms with E-state index in [-0.39, 0.29) is 35.5 Å². The first-order chi connectivity index (χ1) is 17.4. The largest absolute Gasteiger partial charge is 0.339 e. The van der Waals surface area contributed by atoms with E-state index in [1.54, 1.807) is 29.2 Å². The topological polar surface area (TPSA) is 58.4 Å². The Morgan fingerprint density at radius 3 is 1.94 bits per heavy atom. The van der Waals surface area contributed by atoms with Crippen molar-refractivity contribution in [1.82, 2.24) is 19.4 Å². The molecule has 4 aromatic rings. The zero-order valence-corrected chi connectivity index (χ0v) is 19.3. The van der Waals surface area contributed by atoms with Crippen molar-refractivity contribution in [3.8, 4) is 0 Å². The Bertz CT molecular complexity index is 1400. The van der Waals surface area contributed by atoms with Gasteiger partial charge < -0.3 is 4.90 Å². The molecule has 0 unspecified atom stereocenters. The first kappa shape index (κ1) is 23.7. The molecule has 184 valence electrons. The van der Waals surface area contributed by atoms with Crippen LogP contribution >= 0.6 is 0 Å². The fourth-order valence-electron chi connectivity index (χ4n) is 4.62. The van der Waals surface area contributed by atoms with E-state index in [0.717, 1.165) is 17.2 Å². The van der Waals surface area contributed by atoms with Gasteiger partial charge in [0.15, 0.2) is 0 Å². The molecule has 0 saturated carbocycles. The molecule has 36 heavy (non-hydrogen) atoms. The molecular formula is C27H23F3N4O2. The smallest absolute Gasteiger partial charge is 0.261 e. The summed E-state index contributed by atoms with van der Waals surface area (Å²) in [5, 5.41) is 0.122. The van der Waals surface area contributed by atoms with Crippen molar-refractivity contribution in [2.24, 2.45) is 0 Å². The number of hydrogen-bond acceptors (Lipinski definition) is 4. The zero-order valence-electron chi connectivity index (χ0n) is 19.3. The van der Waals surface area contributed by atoms with Crippen molar-refractivity contribution < 1.29 is 18.0 Å². The monoisotopic (exact) mass is 492 g/mol. The third-order valence-electron chi connectivity index (χ3n) is 6.50. The van der Waals surface area contributed by atoms with Crippen LogP contribution in [0.15, 0.2) is 77.9 Å². The number of carbonyl (C=O) groups is 1. The van der Waals surface area contributed by atoms with E-state index < -0.39 is 11.4 Å². The minimum atomic E-state index is -0.543. The van der Waals surface area contributed by atoms with Gasteiger partial charge in [-0.3, -0.25) is 19.1 Å². The molecule has 0 N–H and O–H groups in total. The van der Waals surface area contributed by atoms with E-state index in [1.807, 2.05) is 0 Å². The molecular weight excluding hydrogens is 469 g/mol. The van der Waals surface area contributed by atoms with Gasteiger partial charge in [0.1, 0.15) is 24.0 Å². The maximum atomic E-state index is 13.6. The molecule has 1 aromatic heterocycles. The predicted octanol–water partition coefficient (Wildman–Crippen LogP) is 3.75. The van der Waals surface area contributed by atoms with Crippen molar-refractivity contribution in [3.63, 3.8) is 0 Å². The highest BCUT2D eigenvalue weighted by Gasteiger charge is 2.28. The second-order valence-electron chi connectivity index (χ2n) is 8.76. The SMILES string of the molecule is O=C(Cn1cnc2ccc(F)cc2c1=O)N1CCN(C(c2ccc(F)cc2)c2ccc(F)cc2)CC1. The number of carbonyl (C=O) groups excluding carboxylic acids is 1. The number of halogens is 3. The number of nitrogens with zero attached hydrogens (tertiary/aromatic N) is 4. The molecule has 1 amide bonds. The molecule has 0 spiro atoms. The van der Waals surface area contributed by atoms with E-state index in [0.29, 0.717) is 31.7 Å². The number of piperazine rings is 1. The Hall–Kier alpha value is -3.98. The standard InChI is InChI=1S/C27H23F3N4O2/c28-20-5-1-18(2-6-20)26(19-3-7-21(29)8-4-19)33-13-11-32(12-14-33)25(35)16-34-17-31-24-10-9-22(30)15-23(24)27(34)36/h1-10,15,17,26H,11-14,16H2. The van der Waals surface area contributed by atoms with Gasteiger partial charge in [0.25, 0.3) is 5.56 Å². The van der Waals surface area contributed by atoms with Crippen molar-refractivity contribution in [2.75, 3.05) is 26.2 Å². The summed E-state index contributed by atoms with van der Waals surface area (Å²) < 4.78 is 41.9. The van der Waals surface area contributed by atoms with Crippen LogP contribution in [0, 0.1) is 17.5 Å². The Balaban J connectivity index is 1.31. The van der Waals surface area contributed by atoms with Crippen molar-refractivity contribution in [1.29, 1.82) is 0 Å². The molecule has 1 fully saturated rings. The summed E-state index contributed by atoms with van der Waals surface area (Å²) in [7, 11) is 0. The van der Waals surface area contributed by atoms with Gasteiger partial charge in [-0.25, -0.2) is 18.2 Å². The normalized spacial score (nSPS) is 14.5. The van der Waals surface area contributed by atoms with Crippen LogP contribution in [-0.2, 0) is 11.3 Å². The highest BCUT2D eigenvalue weighted by molar-refractivity contribution is 5.79. The second-order valence-corrected chi connectivity index (χ2v) is 8.76. The Kier molecular flexibility index (Phi) is 6.56. The van der Waals surface area contributed by atoms with Crippen molar-refractivity contribution >= 4 is 16.8 Å². The minimum Gasteiger partial charge on any atom is -0.339 e. The van der Waals surface area contributed by atoms with Gasteiger partial charge in [-0.1, -0.05) is 24.3 Å². The summed E-state index contributed by atoms with van der Waals surface area (Å²) in [5.74, 6) is -1.46. The lowest BCUT2D eigenvalue weighted by molar-refractivity contribution is -0.133. The van der Waals surface area contributed by atoms with E-state index in [9.17, 15) is 22.8 Å². The van der Waals surface area contributed by atoms with Gasteiger partial charge in [-0.2, -0.15) is 0 Å². The number of amides is 1. The highest BCUT2D eigenvalue weighted by Crippen LogP contribution is 2.30. The molecule has 6 nitrogen and oxygen atoms in total. The fraction of sp³-hybridized carbons (Fsp3) is 0.222. The number of benzene rings is 3. The van der Waals surface area contributed by atoms with Crippen LogP contribution in [0.2, 0.25) is 0 Å². The summed E-state index contributed by atoms with van der Waals surface area (Å²) in [6.07, 6.45) is 1.30. The van der Waals surface area contributed by atoms with Crippen LogP contribution in [-0.4, -0.2) is 51.4 Å². The lowest BCUT2D eigenvalue weighted by Crippen LogP contribution is -2.51. The molecule has 0 radical (unpaired) electrons. The third kappa shape index (κ3) is 4.87. The lowest BCUT2D eigenvalue weighted by Gasteiger charge is -2.39. The zero-order chi connectivity index (χ0) is 25.2. The first-order valence-corrected chi connectivity index (χ1v) is 11.6. The van der Waals surface area contributed by atoms with Gasteiger partial charge in [0.05, 0.1) is 23.3 Å². The van der Waals surface area contributed by atoms with Crippen molar-refractivity contribution in [2.45, 2.75) is 12.6 Å². The average Bonchev–Trinajstić information content (AvgIpc) is 2.89. The predicted molar refractivity (Wildman–Crippen MR) is 129 cm³/mol. The summed E-state index contributed by atoms with van der Waals surface area (Å²) >= 11 is 0. The quantitative estimate of drug-likeness (QED) is 0.426. The van der Waals surface area contributed by atoms with Crippen LogP contribution in [0.3, 0.4) is 0 Å². The molecule has 3 aromatic carbocycles. The maximum Gasteiger partial charge on any atom is 0.261 e. The third-order valence-corrected chi connectivity index (χ3v) is 6.50. The highest BCUT2D eigenvalue weighted by atomic mass is 19.1. The van der Waals surface area contributed by atoms with Crippen LogP contribution in [0.5, 0.6) is 0 Å². The van der Waals surface area contributed by atoms with Gasteiger partial charge in [-0.15, -0.1) is 0 Å². The molecule has 2 heterocycles. The number of aromatic nitrogens is 2. The molecule has 0 bridgehead atoms.